The largest absolute Gasteiger partial charge is 0.485 e. The molecule has 0 radical (unpaired) electrons. The maximum Gasteiger partial charge on any atom is 0.268 e. The predicted octanol–water partition coefficient (Wildman–Crippen LogP) is 1.31. The molecule has 112 valence electrons. The summed E-state index contributed by atoms with van der Waals surface area (Å²) in [7, 11) is 0. The van der Waals surface area contributed by atoms with Crippen molar-refractivity contribution in [1.29, 1.82) is 0 Å². The molecule has 4 N–H and O–H groups in total. The highest BCUT2D eigenvalue weighted by Gasteiger charge is 2.14. The van der Waals surface area contributed by atoms with Gasteiger partial charge < -0.3 is 14.3 Å². The molecule has 0 saturated heterocycles. The van der Waals surface area contributed by atoms with Crippen LogP contribution in [0.15, 0.2) is 34.7 Å². The van der Waals surface area contributed by atoms with Crippen molar-refractivity contribution in [2.75, 3.05) is 6.61 Å². The number of furan rings is 1. The van der Waals surface area contributed by atoms with E-state index >= 15 is 0 Å². The molecule has 6 nitrogen and oxygen atoms in total. The number of amides is 1. The Labute approximate surface area is 122 Å². The van der Waals surface area contributed by atoms with Gasteiger partial charge in [-0.15, -0.1) is 0 Å². The molecule has 0 aliphatic heterocycles. The number of benzene rings is 1. The average Bonchev–Trinajstić information content (AvgIpc) is 2.87. The molecule has 0 aliphatic carbocycles. The summed E-state index contributed by atoms with van der Waals surface area (Å²) in [6.45, 7) is 1.94. The minimum absolute atomic E-state index is 0.0566. The summed E-state index contributed by atoms with van der Waals surface area (Å²) in [6.07, 6.45) is 0.522. The summed E-state index contributed by atoms with van der Waals surface area (Å²) in [6, 6.07) is 9.07. The van der Waals surface area contributed by atoms with Crippen LogP contribution >= 0.6 is 0 Å². The van der Waals surface area contributed by atoms with E-state index in [-0.39, 0.29) is 13.2 Å². The Hall–Kier alpha value is -2.31. The quantitative estimate of drug-likeness (QED) is 0.423. The minimum Gasteiger partial charge on any atom is -0.485 e. The molecular weight excluding hydrogens is 272 g/mol. The molecule has 2 aromatic rings. The number of aliphatic hydroxyl groups excluding tert-OH is 1. The van der Waals surface area contributed by atoms with Crippen LogP contribution in [0.3, 0.4) is 0 Å². The van der Waals surface area contributed by atoms with Crippen molar-refractivity contribution < 1.29 is 19.1 Å². The lowest BCUT2D eigenvalue weighted by Gasteiger charge is -2.09. The van der Waals surface area contributed by atoms with Gasteiger partial charge in [-0.25, -0.2) is 5.84 Å². The maximum atomic E-state index is 11.5. The second-order valence-electron chi connectivity index (χ2n) is 4.53. The second kappa shape index (κ2) is 6.92. The Morgan fingerprint density at radius 1 is 1.43 bits per heavy atom. The fourth-order valence-electron chi connectivity index (χ4n) is 2.04. The molecule has 6 heteroatoms. The third kappa shape index (κ3) is 3.62. The van der Waals surface area contributed by atoms with Gasteiger partial charge in [0, 0.05) is 6.61 Å². The van der Waals surface area contributed by atoms with E-state index in [1.807, 2.05) is 24.3 Å². The summed E-state index contributed by atoms with van der Waals surface area (Å²) in [5.74, 6) is 6.41. The zero-order valence-electron chi connectivity index (χ0n) is 11.8. The molecule has 0 spiro atoms. The number of hydrogen-bond acceptors (Lipinski definition) is 5. The van der Waals surface area contributed by atoms with Crippen LogP contribution in [-0.4, -0.2) is 17.6 Å². The average molecular weight is 290 g/mol. The van der Waals surface area contributed by atoms with Crippen molar-refractivity contribution >= 4 is 5.91 Å². The Morgan fingerprint density at radius 3 is 2.90 bits per heavy atom. The van der Waals surface area contributed by atoms with Gasteiger partial charge in [0.05, 0.1) is 5.56 Å². The number of rotatable bonds is 6. The molecule has 1 amide bonds. The number of nitrogens with one attached hydrogen (secondary N) is 1. The number of aryl methyl sites for hydroxylation is 1. The first-order valence-electron chi connectivity index (χ1n) is 6.57. The van der Waals surface area contributed by atoms with Crippen LogP contribution in [0.1, 0.15) is 27.4 Å². The summed E-state index contributed by atoms with van der Waals surface area (Å²) in [5, 5.41) is 9.03. The first-order chi connectivity index (χ1) is 10.2. The van der Waals surface area contributed by atoms with Gasteiger partial charge in [-0.3, -0.25) is 10.2 Å². The van der Waals surface area contributed by atoms with Gasteiger partial charge in [-0.1, -0.05) is 18.2 Å². The topological polar surface area (TPSA) is 97.7 Å². The molecule has 2 rings (SSSR count). The van der Waals surface area contributed by atoms with E-state index in [1.54, 1.807) is 13.0 Å². The van der Waals surface area contributed by atoms with E-state index < -0.39 is 5.91 Å². The lowest BCUT2D eigenvalue weighted by atomic mass is 10.1. The summed E-state index contributed by atoms with van der Waals surface area (Å²) >= 11 is 0. The van der Waals surface area contributed by atoms with Gasteiger partial charge in [0.15, 0.2) is 0 Å². The highest BCUT2D eigenvalue weighted by Crippen LogP contribution is 2.21. The van der Waals surface area contributed by atoms with E-state index in [0.717, 1.165) is 5.56 Å². The summed E-state index contributed by atoms with van der Waals surface area (Å²) < 4.78 is 11.2. The number of hydrazine groups is 1. The normalized spacial score (nSPS) is 10.4. The van der Waals surface area contributed by atoms with Gasteiger partial charge in [0.2, 0.25) is 0 Å². The number of hydrogen-bond donors (Lipinski definition) is 3. The van der Waals surface area contributed by atoms with Crippen LogP contribution in [0.5, 0.6) is 5.75 Å². The van der Waals surface area contributed by atoms with Crippen LogP contribution in [0.2, 0.25) is 0 Å². The molecule has 0 fully saturated rings. The molecule has 0 bridgehead atoms. The van der Waals surface area contributed by atoms with Crippen LogP contribution in [-0.2, 0) is 13.0 Å². The summed E-state index contributed by atoms with van der Waals surface area (Å²) in [5.41, 5.74) is 3.38. The van der Waals surface area contributed by atoms with E-state index in [9.17, 15) is 4.79 Å². The van der Waals surface area contributed by atoms with Crippen LogP contribution < -0.4 is 16.0 Å². The molecule has 1 heterocycles. The smallest absolute Gasteiger partial charge is 0.268 e. The molecule has 1 aromatic heterocycles. The third-order valence-electron chi connectivity index (χ3n) is 3.07. The van der Waals surface area contributed by atoms with Crippen molar-refractivity contribution in [3.63, 3.8) is 0 Å². The zero-order valence-corrected chi connectivity index (χ0v) is 11.8. The van der Waals surface area contributed by atoms with Crippen molar-refractivity contribution in [2.45, 2.75) is 20.0 Å². The third-order valence-corrected chi connectivity index (χ3v) is 3.07. The number of para-hydroxylation sites is 1. The Morgan fingerprint density at radius 2 is 2.19 bits per heavy atom. The fourth-order valence-corrected chi connectivity index (χ4v) is 2.04. The van der Waals surface area contributed by atoms with E-state index in [4.69, 9.17) is 20.1 Å². The number of aliphatic hydroxyl groups is 1. The molecule has 1 aromatic carbocycles. The van der Waals surface area contributed by atoms with Gasteiger partial charge in [-0.05, 0) is 31.0 Å². The predicted molar refractivity (Wildman–Crippen MR) is 76.7 cm³/mol. The van der Waals surface area contributed by atoms with Gasteiger partial charge >= 0.3 is 0 Å². The van der Waals surface area contributed by atoms with Crippen molar-refractivity contribution in [3.05, 3.63) is 53.0 Å². The number of nitrogens with two attached hydrogens (primary N) is 1. The molecule has 0 aliphatic rings. The standard InChI is InChI=1S/C15H18N2O4/c1-10-13(15(19)17-16)8-12(21-10)9-20-14-5-3-2-4-11(14)6-7-18/h2-5,8,18H,6-7,9,16H2,1H3,(H,17,19). The Balaban J connectivity index is 2.08. The molecule has 0 saturated carbocycles. The fraction of sp³-hybridized carbons (Fsp3) is 0.267. The second-order valence-corrected chi connectivity index (χ2v) is 4.53. The Bertz CT molecular complexity index is 622. The highest BCUT2D eigenvalue weighted by atomic mass is 16.5. The first-order valence-corrected chi connectivity index (χ1v) is 6.57. The molecule has 0 unspecified atom stereocenters. The van der Waals surface area contributed by atoms with E-state index in [1.165, 1.54) is 0 Å². The number of carbonyl (C=O) groups is 1. The maximum absolute atomic E-state index is 11.5. The van der Waals surface area contributed by atoms with Crippen LogP contribution in [0, 0.1) is 6.92 Å². The first kappa shape index (κ1) is 15.1. The lowest BCUT2D eigenvalue weighted by Crippen LogP contribution is -2.30. The van der Waals surface area contributed by atoms with Crippen molar-refractivity contribution in [3.8, 4) is 5.75 Å². The highest BCUT2D eigenvalue weighted by molar-refractivity contribution is 5.94. The molecule has 21 heavy (non-hydrogen) atoms. The SMILES string of the molecule is Cc1oc(COc2ccccc2CCO)cc1C(=O)NN. The van der Waals surface area contributed by atoms with E-state index in [2.05, 4.69) is 5.43 Å². The zero-order chi connectivity index (χ0) is 15.2. The monoisotopic (exact) mass is 290 g/mol. The van der Waals surface area contributed by atoms with Crippen molar-refractivity contribution in [1.82, 2.24) is 5.43 Å². The van der Waals surface area contributed by atoms with Gasteiger partial charge in [0.25, 0.3) is 5.91 Å². The minimum atomic E-state index is -0.400. The van der Waals surface area contributed by atoms with Crippen LogP contribution in [0.4, 0.5) is 0 Å². The van der Waals surface area contributed by atoms with Crippen LogP contribution in [0.25, 0.3) is 0 Å². The molecule has 0 atom stereocenters. The number of nitrogen functional groups attached to an aromatic ring is 1. The van der Waals surface area contributed by atoms with Gasteiger partial charge in [-0.2, -0.15) is 0 Å². The number of ether oxygens (including phenoxy) is 1. The number of carbonyl (C=O) groups excluding carboxylic acids is 1. The summed E-state index contributed by atoms with van der Waals surface area (Å²) in [4.78, 5) is 11.5. The Kier molecular flexibility index (Phi) is 4.97. The lowest BCUT2D eigenvalue weighted by molar-refractivity contribution is 0.0952. The van der Waals surface area contributed by atoms with Crippen molar-refractivity contribution in [2.24, 2.45) is 5.84 Å². The van der Waals surface area contributed by atoms with E-state index in [0.29, 0.717) is 29.3 Å². The molecular formula is C15H18N2O4. The van der Waals surface area contributed by atoms with Gasteiger partial charge in [0.1, 0.15) is 23.9 Å².